The third-order valence-corrected chi connectivity index (χ3v) is 7.48. The molecule has 160 valence electrons. The summed E-state index contributed by atoms with van der Waals surface area (Å²) in [5.41, 5.74) is 2.31. The van der Waals surface area contributed by atoms with E-state index in [1.165, 1.54) is 23.9 Å². The second-order valence-corrected chi connectivity index (χ2v) is 9.45. The smallest absolute Gasteiger partial charge is 0.251 e. The molecular formula is C25H21FN4OS. The van der Waals surface area contributed by atoms with Crippen LogP contribution >= 0.6 is 11.8 Å². The van der Waals surface area contributed by atoms with Gasteiger partial charge in [-0.15, -0.1) is 0 Å². The fourth-order valence-corrected chi connectivity index (χ4v) is 5.49. The highest BCUT2D eigenvalue weighted by Crippen LogP contribution is 2.44. The van der Waals surface area contributed by atoms with Crippen molar-refractivity contribution in [3.8, 4) is 17.3 Å². The summed E-state index contributed by atoms with van der Waals surface area (Å²) in [6.07, 6.45) is 7.71. The Kier molecular flexibility index (Phi) is 5.32. The maximum Gasteiger partial charge on any atom is 0.251 e. The molecule has 1 aromatic heterocycles. The Morgan fingerprint density at radius 1 is 1.19 bits per heavy atom. The molecule has 2 fully saturated rings. The first-order valence-electron chi connectivity index (χ1n) is 10.5. The molecule has 5 rings (SSSR count). The quantitative estimate of drug-likeness (QED) is 0.577. The van der Waals surface area contributed by atoms with Crippen LogP contribution in [0.4, 0.5) is 4.39 Å². The van der Waals surface area contributed by atoms with Crippen molar-refractivity contribution in [1.82, 2.24) is 15.2 Å². The number of hydrogen-bond acceptors (Lipinski definition) is 5. The summed E-state index contributed by atoms with van der Waals surface area (Å²) in [5, 5.41) is 12.4. The lowest BCUT2D eigenvalue weighted by molar-refractivity contribution is 0.0762. The molecule has 1 unspecified atom stereocenters. The summed E-state index contributed by atoms with van der Waals surface area (Å²) in [6.45, 7) is 1.32. The number of halogens is 1. The van der Waals surface area contributed by atoms with Crippen molar-refractivity contribution >= 4 is 17.7 Å². The highest BCUT2D eigenvalue weighted by molar-refractivity contribution is 7.99. The van der Waals surface area contributed by atoms with Crippen LogP contribution in [0.25, 0.3) is 11.1 Å². The number of aromatic nitrogens is 1. The number of fused-ring (bicyclic) bond motifs is 1. The lowest BCUT2D eigenvalue weighted by Crippen LogP contribution is -2.60. The number of carbonyl (C=O) groups excluding carboxylic acids is 1. The number of nitriles is 1. The third-order valence-electron chi connectivity index (χ3n) is 6.42. The second-order valence-electron chi connectivity index (χ2n) is 8.33. The zero-order valence-electron chi connectivity index (χ0n) is 17.3. The molecule has 1 N–H and O–H groups in total. The van der Waals surface area contributed by atoms with Crippen LogP contribution in [-0.2, 0) is 0 Å². The minimum absolute atomic E-state index is 0.100. The third kappa shape index (κ3) is 3.82. The van der Waals surface area contributed by atoms with Crippen LogP contribution in [0.5, 0.6) is 0 Å². The van der Waals surface area contributed by atoms with E-state index in [4.69, 9.17) is 0 Å². The first kappa shape index (κ1) is 20.5. The number of amides is 1. The molecule has 2 heterocycles. The molecule has 1 aliphatic carbocycles. The molecule has 7 heteroatoms. The van der Waals surface area contributed by atoms with Gasteiger partial charge in [-0.2, -0.15) is 5.26 Å². The molecule has 2 atom stereocenters. The van der Waals surface area contributed by atoms with Crippen molar-refractivity contribution in [3.05, 3.63) is 78.4 Å². The zero-order valence-corrected chi connectivity index (χ0v) is 18.1. The lowest BCUT2D eigenvalue weighted by Gasteiger charge is -2.44. The van der Waals surface area contributed by atoms with E-state index >= 15 is 0 Å². The van der Waals surface area contributed by atoms with E-state index in [9.17, 15) is 14.4 Å². The predicted molar refractivity (Wildman–Crippen MR) is 120 cm³/mol. The molecule has 5 nitrogen and oxygen atoms in total. The SMILES string of the molecule is N#CN1CC2CC[C@]2(NC(=O)c2ccc(-c3ccncc3Sc3ccc(F)cc3)cc2)C1. The van der Waals surface area contributed by atoms with E-state index in [0.29, 0.717) is 18.0 Å². The number of nitrogens with zero attached hydrogens (tertiary/aromatic N) is 3. The molecule has 1 saturated carbocycles. The Morgan fingerprint density at radius 3 is 2.66 bits per heavy atom. The molecule has 0 radical (unpaired) electrons. The van der Waals surface area contributed by atoms with Gasteiger partial charge >= 0.3 is 0 Å². The van der Waals surface area contributed by atoms with Gasteiger partial charge in [0, 0.05) is 40.2 Å². The van der Waals surface area contributed by atoms with Gasteiger partial charge in [-0.1, -0.05) is 23.9 Å². The highest BCUT2D eigenvalue weighted by atomic mass is 32.2. The number of nitrogens with one attached hydrogen (secondary N) is 1. The number of pyridine rings is 1. The minimum Gasteiger partial charge on any atom is -0.344 e. The molecule has 0 spiro atoms. The van der Waals surface area contributed by atoms with Crippen LogP contribution in [-0.4, -0.2) is 34.4 Å². The number of carbonyl (C=O) groups is 1. The van der Waals surface area contributed by atoms with E-state index in [2.05, 4.69) is 16.5 Å². The highest BCUT2D eigenvalue weighted by Gasteiger charge is 2.54. The fraction of sp³-hybridized carbons (Fsp3) is 0.240. The molecule has 0 bridgehead atoms. The Hall–Kier alpha value is -3.37. The first-order chi connectivity index (χ1) is 15.6. The topological polar surface area (TPSA) is 69.0 Å². The number of hydrogen-bond donors (Lipinski definition) is 1. The summed E-state index contributed by atoms with van der Waals surface area (Å²) in [7, 11) is 0. The molecule has 1 aliphatic heterocycles. The van der Waals surface area contributed by atoms with Crippen molar-refractivity contribution in [1.29, 1.82) is 5.26 Å². The maximum atomic E-state index is 13.2. The molecular weight excluding hydrogens is 423 g/mol. The van der Waals surface area contributed by atoms with Crippen LogP contribution in [0.3, 0.4) is 0 Å². The summed E-state index contributed by atoms with van der Waals surface area (Å²) in [6, 6.07) is 15.8. The molecule has 32 heavy (non-hydrogen) atoms. The van der Waals surface area contributed by atoms with Crippen LogP contribution in [0.15, 0.2) is 76.8 Å². The van der Waals surface area contributed by atoms with Crippen molar-refractivity contribution in [2.75, 3.05) is 13.1 Å². The molecule has 2 aromatic carbocycles. The Labute approximate surface area is 190 Å². The average molecular weight is 445 g/mol. The Balaban J connectivity index is 1.33. The van der Waals surface area contributed by atoms with Crippen LogP contribution in [0, 0.1) is 23.2 Å². The lowest BCUT2D eigenvalue weighted by atomic mass is 9.69. The van der Waals surface area contributed by atoms with Gasteiger partial charge < -0.3 is 10.2 Å². The number of rotatable bonds is 5. The van der Waals surface area contributed by atoms with Crippen LogP contribution < -0.4 is 5.32 Å². The van der Waals surface area contributed by atoms with Crippen molar-refractivity contribution in [2.45, 2.75) is 28.2 Å². The predicted octanol–water partition coefficient (Wildman–Crippen LogP) is 4.71. The van der Waals surface area contributed by atoms with Crippen molar-refractivity contribution in [3.63, 3.8) is 0 Å². The Bertz CT molecular complexity index is 1190. The van der Waals surface area contributed by atoms with Gasteiger partial charge in [-0.25, -0.2) is 4.39 Å². The number of likely N-dealkylation sites (tertiary alicyclic amines) is 1. The van der Waals surface area contributed by atoms with E-state index < -0.39 is 0 Å². The van der Waals surface area contributed by atoms with Crippen molar-refractivity contribution in [2.24, 2.45) is 5.92 Å². The molecule has 1 amide bonds. The van der Waals surface area contributed by atoms with E-state index in [1.807, 2.05) is 30.3 Å². The number of benzene rings is 2. The summed E-state index contributed by atoms with van der Waals surface area (Å²) < 4.78 is 13.2. The van der Waals surface area contributed by atoms with E-state index in [-0.39, 0.29) is 17.3 Å². The normalized spacial score (nSPS) is 21.4. The monoisotopic (exact) mass is 444 g/mol. The van der Waals surface area contributed by atoms with E-state index in [1.54, 1.807) is 29.4 Å². The standard InChI is InChI=1S/C25H21FN4OS/c26-20-5-7-21(8-6-20)32-23-13-28-12-10-22(23)17-1-3-18(4-2-17)24(31)29-25-11-9-19(25)14-30(15-25)16-27/h1-8,10,12-13,19H,9,11,14-15H2,(H,29,31)/t19?,25-/m0/s1. The molecule has 1 saturated heterocycles. The van der Waals surface area contributed by atoms with Gasteiger partial charge in [0.2, 0.25) is 0 Å². The van der Waals surface area contributed by atoms with Gasteiger partial charge in [-0.3, -0.25) is 9.78 Å². The zero-order chi connectivity index (χ0) is 22.1. The summed E-state index contributed by atoms with van der Waals surface area (Å²) in [4.78, 5) is 20.8. The average Bonchev–Trinajstić information content (AvgIpc) is 3.05. The van der Waals surface area contributed by atoms with Gasteiger partial charge in [0.05, 0.1) is 12.1 Å². The summed E-state index contributed by atoms with van der Waals surface area (Å²) in [5.74, 6) is -0.00904. The fourth-order valence-electron chi connectivity index (χ4n) is 4.55. The second kappa shape index (κ2) is 8.29. The summed E-state index contributed by atoms with van der Waals surface area (Å²) >= 11 is 1.52. The maximum absolute atomic E-state index is 13.2. The van der Waals surface area contributed by atoms with Gasteiger partial charge in [-0.05, 0) is 66.4 Å². The first-order valence-corrected chi connectivity index (χ1v) is 11.3. The molecule has 3 aromatic rings. The van der Waals surface area contributed by atoms with Crippen LogP contribution in [0.2, 0.25) is 0 Å². The van der Waals surface area contributed by atoms with Crippen LogP contribution in [0.1, 0.15) is 23.2 Å². The van der Waals surface area contributed by atoms with Crippen molar-refractivity contribution < 1.29 is 9.18 Å². The minimum atomic E-state index is -0.268. The largest absolute Gasteiger partial charge is 0.344 e. The van der Waals surface area contributed by atoms with Gasteiger partial charge in [0.25, 0.3) is 5.91 Å². The Morgan fingerprint density at radius 2 is 1.97 bits per heavy atom. The van der Waals surface area contributed by atoms with E-state index in [0.717, 1.165) is 40.3 Å². The van der Waals surface area contributed by atoms with Gasteiger partial charge in [0.15, 0.2) is 6.19 Å². The van der Waals surface area contributed by atoms with Gasteiger partial charge in [0.1, 0.15) is 5.82 Å². The molecule has 2 aliphatic rings.